The maximum absolute atomic E-state index is 14.4. The quantitative estimate of drug-likeness (QED) is 0.217. The summed E-state index contributed by atoms with van der Waals surface area (Å²) in [6.45, 7) is 5.94. The van der Waals surface area contributed by atoms with E-state index in [-0.39, 0.29) is 29.7 Å². The highest BCUT2D eigenvalue weighted by molar-refractivity contribution is 7.92. The number of nitrogens with zero attached hydrogens (tertiary/aromatic N) is 2. The molecule has 7 nitrogen and oxygen atoms in total. The van der Waals surface area contributed by atoms with Gasteiger partial charge in [-0.1, -0.05) is 111 Å². The Balaban J connectivity index is 1.78. The Labute approximate surface area is 255 Å². The number of para-hydroxylation sites is 1. The summed E-state index contributed by atoms with van der Waals surface area (Å²) in [5.74, 6) is -0.547. The first-order valence-corrected chi connectivity index (χ1v) is 15.9. The van der Waals surface area contributed by atoms with Crippen LogP contribution in [0, 0.1) is 12.8 Å². The molecule has 4 rings (SSSR count). The van der Waals surface area contributed by atoms with Crippen LogP contribution in [0.2, 0.25) is 0 Å². The van der Waals surface area contributed by atoms with E-state index in [4.69, 9.17) is 0 Å². The van der Waals surface area contributed by atoms with Crippen LogP contribution in [-0.4, -0.2) is 44.3 Å². The number of carbonyl (C=O) groups excluding carboxylic acids is 2. The van der Waals surface area contributed by atoms with E-state index < -0.39 is 28.5 Å². The molecule has 0 aliphatic rings. The Morgan fingerprint density at radius 1 is 0.744 bits per heavy atom. The Hall–Kier alpha value is -4.43. The molecule has 2 amide bonds. The van der Waals surface area contributed by atoms with Crippen molar-refractivity contribution < 1.29 is 18.0 Å². The van der Waals surface area contributed by atoms with Crippen LogP contribution in [0.25, 0.3) is 0 Å². The van der Waals surface area contributed by atoms with Crippen molar-refractivity contribution in [3.05, 3.63) is 132 Å². The van der Waals surface area contributed by atoms with Gasteiger partial charge in [-0.05, 0) is 47.7 Å². The molecule has 0 aliphatic carbocycles. The third-order valence-electron chi connectivity index (χ3n) is 7.15. The van der Waals surface area contributed by atoms with Crippen LogP contribution >= 0.6 is 0 Å². The van der Waals surface area contributed by atoms with Crippen LogP contribution in [0.4, 0.5) is 5.69 Å². The molecule has 0 heterocycles. The van der Waals surface area contributed by atoms with Gasteiger partial charge < -0.3 is 10.2 Å². The molecule has 0 unspecified atom stereocenters. The Morgan fingerprint density at radius 2 is 1.28 bits per heavy atom. The molecule has 0 aromatic heterocycles. The number of anilines is 1. The molecule has 1 N–H and O–H groups in total. The van der Waals surface area contributed by atoms with E-state index >= 15 is 0 Å². The minimum atomic E-state index is -4.12. The summed E-state index contributed by atoms with van der Waals surface area (Å²) in [5, 5.41) is 3.01. The zero-order valence-electron chi connectivity index (χ0n) is 24.9. The standard InChI is InChI=1S/C35H39N3O4S/c1-27(2)24-36-35(40)33(23-29-16-7-4-8-17-29)37(25-30-18-9-5-10-19-30)34(39)26-38(32-22-14-13-15-28(32)3)43(41,42)31-20-11-6-12-21-31/h4-22,27,33H,23-26H2,1-3H3,(H,36,40)/t33-/m1/s1. The summed E-state index contributed by atoms with van der Waals surface area (Å²) in [7, 11) is -4.12. The van der Waals surface area contributed by atoms with Gasteiger partial charge in [0.1, 0.15) is 12.6 Å². The zero-order chi connectivity index (χ0) is 30.8. The van der Waals surface area contributed by atoms with Crippen molar-refractivity contribution >= 4 is 27.5 Å². The van der Waals surface area contributed by atoms with Crippen LogP contribution in [0.1, 0.15) is 30.5 Å². The molecule has 0 bridgehead atoms. The molecule has 0 aliphatic heterocycles. The van der Waals surface area contributed by atoms with Crippen LogP contribution in [-0.2, 0) is 32.6 Å². The van der Waals surface area contributed by atoms with Crippen molar-refractivity contribution in [3.8, 4) is 0 Å². The first-order valence-electron chi connectivity index (χ1n) is 14.4. The van der Waals surface area contributed by atoms with E-state index in [1.54, 1.807) is 30.3 Å². The lowest BCUT2D eigenvalue weighted by atomic mass is 10.0. The monoisotopic (exact) mass is 597 g/mol. The minimum absolute atomic E-state index is 0.0798. The number of aryl methyl sites for hydroxylation is 1. The fourth-order valence-electron chi connectivity index (χ4n) is 4.83. The van der Waals surface area contributed by atoms with Crippen molar-refractivity contribution in [1.82, 2.24) is 10.2 Å². The van der Waals surface area contributed by atoms with Gasteiger partial charge in [-0.15, -0.1) is 0 Å². The third-order valence-corrected chi connectivity index (χ3v) is 8.92. The molecule has 4 aromatic rings. The van der Waals surface area contributed by atoms with Crippen LogP contribution in [0.3, 0.4) is 0 Å². The van der Waals surface area contributed by atoms with Gasteiger partial charge in [-0.2, -0.15) is 0 Å². The maximum atomic E-state index is 14.4. The summed E-state index contributed by atoms with van der Waals surface area (Å²) in [6.07, 6.45) is 0.277. The van der Waals surface area contributed by atoms with Crippen molar-refractivity contribution in [1.29, 1.82) is 0 Å². The minimum Gasteiger partial charge on any atom is -0.354 e. The normalized spacial score (nSPS) is 12.0. The van der Waals surface area contributed by atoms with E-state index in [2.05, 4.69) is 5.32 Å². The highest BCUT2D eigenvalue weighted by atomic mass is 32.2. The second-order valence-corrected chi connectivity index (χ2v) is 12.8. The molecular weight excluding hydrogens is 558 g/mol. The molecule has 1 atom stereocenters. The van der Waals surface area contributed by atoms with Crippen molar-refractivity contribution in [2.45, 2.75) is 44.7 Å². The second kappa shape index (κ2) is 14.6. The average molecular weight is 598 g/mol. The first kappa shape index (κ1) is 31.5. The molecule has 43 heavy (non-hydrogen) atoms. The SMILES string of the molecule is Cc1ccccc1N(CC(=O)N(Cc1ccccc1)[C@H](Cc1ccccc1)C(=O)NCC(C)C)S(=O)(=O)c1ccccc1. The number of sulfonamides is 1. The fourth-order valence-corrected chi connectivity index (χ4v) is 6.33. The van der Waals surface area contributed by atoms with Gasteiger partial charge in [0, 0.05) is 19.5 Å². The Kier molecular flexibility index (Phi) is 10.7. The van der Waals surface area contributed by atoms with Crippen LogP contribution < -0.4 is 9.62 Å². The van der Waals surface area contributed by atoms with Crippen molar-refractivity contribution in [3.63, 3.8) is 0 Å². The molecule has 224 valence electrons. The number of nitrogens with one attached hydrogen (secondary N) is 1. The van der Waals surface area contributed by atoms with Gasteiger partial charge in [0.25, 0.3) is 10.0 Å². The van der Waals surface area contributed by atoms with Gasteiger partial charge >= 0.3 is 0 Å². The highest BCUT2D eigenvalue weighted by Crippen LogP contribution is 2.27. The molecule has 8 heteroatoms. The predicted octanol–water partition coefficient (Wildman–Crippen LogP) is 5.60. The van der Waals surface area contributed by atoms with Gasteiger partial charge in [0.05, 0.1) is 10.6 Å². The van der Waals surface area contributed by atoms with E-state index in [0.717, 1.165) is 15.4 Å². The van der Waals surface area contributed by atoms with E-state index in [1.165, 1.54) is 17.0 Å². The summed E-state index contributed by atoms with van der Waals surface area (Å²) >= 11 is 0. The van der Waals surface area contributed by atoms with E-state index in [9.17, 15) is 18.0 Å². The largest absolute Gasteiger partial charge is 0.354 e. The number of rotatable bonds is 13. The smallest absolute Gasteiger partial charge is 0.264 e. The summed E-state index contributed by atoms with van der Waals surface area (Å²) in [6, 6.07) is 33.3. The van der Waals surface area contributed by atoms with Gasteiger partial charge in [0.15, 0.2) is 0 Å². The highest BCUT2D eigenvalue weighted by Gasteiger charge is 2.35. The van der Waals surface area contributed by atoms with Crippen LogP contribution in [0.5, 0.6) is 0 Å². The number of amides is 2. The third kappa shape index (κ3) is 8.32. The summed E-state index contributed by atoms with van der Waals surface area (Å²) < 4.78 is 29.3. The second-order valence-electron chi connectivity index (χ2n) is 11.0. The van der Waals surface area contributed by atoms with Crippen molar-refractivity contribution in [2.24, 2.45) is 5.92 Å². The summed E-state index contributed by atoms with van der Waals surface area (Å²) in [4.78, 5) is 29.8. The first-order chi connectivity index (χ1) is 20.7. The van der Waals surface area contributed by atoms with Crippen LogP contribution in [0.15, 0.2) is 120 Å². The molecular formula is C35H39N3O4S. The Bertz CT molecular complexity index is 1590. The van der Waals surface area contributed by atoms with Crippen molar-refractivity contribution in [2.75, 3.05) is 17.4 Å². The summed E-state index contributed by atoms with van der Waals surface area (Å²) in [5.41, 5.74) is 2.84. The molecule has 0 radical (unpaired) electrons. The average Bonchev–Trinajstić information content (AvgIpc) is 3.02. The molecule has 0 saturated carbocycles. The van der Waals surface area contributed by atoms with E-state index in [1.807, 2.05) is 93.6 Å². The van der Waals surface area contributed by atoms with Gasteiger partial charge in [-0.25, -0.2) is 8.42 Å². The lowest BCUT2D eigenvalue weighted by molar-refractivity contribution is -0.140. The fraction of sp³-hybridized carbons (Fsp3) is 0.257. The lowest BCUT2D eigenvalue weighted by Crippen LogP contribution is -2.53. The molecule has 0 saturated heterocycles. The van der Waals surface area contributed by atoms with Gasteiger partial charge in [-0.3, -0.25) is 13.9 Å². The maximum Gasteiger partial charge on any atom is 0.264 e. The van der Waals surface area contributed by atoms with E-state index in [0.29, 0.717) is 17.8 Å². The Morgan fingerprint density at radius 3 is 1.86 bits per heavy atom. The topological polar surface area (TPSA) is 86.8 Å². The number of benzene rings is 4. The molecule has 0 spiro atoms. The molecule has 4 aromatic carbocycles. The molecule has 0 fully saturated rings. The zero-order valence-corrected chi connectivity index (χ0v) is 25.7. The number of hydrogen-bond donors (Lipinski definition) is 1. The number of hydrogen-bond acceptors (Lipinski definition) is 4. The predicted molar refractivity (Wildman–Crippen MR) is 171 cm³/mol. The van der Waals surface area contributed by atoms with Gasteiger partial charge in [0.2, 0.25) is 11.8 Å². The lowest BCUT2D eigenvalue weighted by Gasteiger charge is -2.34. The number of carbonyl (C=O) groups is 2.